The number of rotatable bonds is 8. The molecule has 0 fully saturated rings. The van der Waals surface area contributed by atoms with E-state index in [0.29, 0.717) is 11.3 Å². The van der Waals surface area contributed by atoms with E-state index < -0.39 is 30.3 Å². The predicted octanol–water partition coefficient (Wildman–Crippen LogP) is 2.56. The molecule has 0 atom stereocenters. The molecule has 0 radical (unpaired) electrons. The number of anilines is 1. The lowest BCUT2D eigenvalue weighted by Gasteiger charge is -2.08. The molecular formula is C20H20BrN3O5. The van der Waals surface area contributed by atoms with E-state index in [1.165, 1.54) is 0 Å². The first kappa shape index (κ1) is 22.1. The average Bonchev–Trinajstić information content (AvgIpc) is 2.73. The van der Waals surface area contributed by atoms with Crippen molar-refractivity contribution in [3.63, 3.8) is 0 Å². The van der Waals surface area contributed by atoms with Crippen LogP contribution < -0.4 is 16.2 Å². The molecule has 29 heavy (non-hydrogen) atoms. The fraction of sp³-hybridized carbons (Fsp3) is 0.200. The molecule has 2 aromatic rings. The Morgan fingerprint density at radius 1 is 0.828 bits per heavy atom. The quantitative estimate of drug-likeness (QED) is 0.412. The standard InChI is InChI=1S/C20H20BrN3O5/c21-15-9-11-16(12-10-15)22-18(26)13-29-19(27)8-4-7-17(25)23-24-20(28)14-5-2-1-3-6-14/h1-3,5-6,9-12H,4,7-8,13H2,(H,22,26)(H,23,25)(H,24,28). The first-order valence-electron chi connectivity index (χ1n) is 8.79. The number of esters is 1. The van der Waals surface area contributed by atoms with Crippen LogP contribution in [0.1, 0.15) is 29.6 Å². The van der Waals surface area contributed by atoms with E-state index >= 15 is 0 Å². The zero-order valence-corrected chi connectivity index (χ0v) is 17.0. The molecule has 2 rings (SSSR count). The molecule has 3 amide bonds. The summed E-state index contributed by atoms with van der Waals surface area (Å²) in [5.74, 6) is -1.91. The third-order valence-corrected chi connectivity index (χ3v) is 4.16. The molecule has 2 aromatic carbocycles. The molecule has 0 spiro atoms. The molecule has 9 heteroatoms. The summed E-state index contributed by atoms with van der Waals surface area (Å²) in [5, 5.41) is 2.60. The fourth-order valence-corrected chi connectivity index (χ4v) is 2.46. The van der Waals surface area contributed by atoms with Crippen molar-refractivity contribution in [1.82, 2.24) is 10.9 Å². The lowest BCUT2D eigenvalue weighted by atomic mass is 10.2. The van der Waals surface area contributed by atoms with Crippen LogP contribution in [0.4, 0.5) is 5.69 Å². The van der Waals surface area contributed by atoms with Crippen LogP contribution in [-0.4, -0.2) is 30.3 Å². The molecule has 0 saturated carbocycles. The van der Waals surface area contributed by atoms with Crippen molar-refractivity contribution in [1.29, 1.82) is 0 Å². The summed E-state index contributed by atoms with van der Waals surface area (Å²) < 4.78 is 5.76. The maximum Gasteiger partial charge on any atom is 0.306 e. The van der Waals surface area contributed by atoms with Crippen molar-refractivity contribution >= 4 is 45.3 Å². The number of halogens is 1. The number of benzene rings is 2. The molecule has 8 nitrogen and oxygen atoms in total. The van der Waals surface area contributed by atoms with Gasteiger partial charge in [-0.25, -0.2) is 0 Å². The Hall–Kier alpha value is -3.20. The predicted molar refractivity (Wildman–Crippen MR) is 110 cm³/mol. The highest BCUT2D eigenvalue weighted by Gasteiger charge is 2.10. The fourth-order valence-electron chi connectivity index (χ4n) is 2.19. The van der Waals surface area contributed by atoms with Gasteiger partial charge in [0.1, 0.15) is 0 Å². The van der Waals surface area contributed by atoms with E-state index in [1.54, 1.807) is 54.6 Å². The van der Waals surface area contributed by atoms with Crippen molar-refractivity contribution in [2.45, 2.75) is 19.3 Å². The van der Waals surface area contributed by atoms with Crippen LogP contribution in [0.25, 0.3) is 0 Å². The number of carbonyl (C=O) groups is 4. The van der Waals surface area contributed by atoms with Gasteiger partial charge in [0.2, 0.25) is 5.91 Å². The molecular weight excluding hydrogens is 442 g/mol. The Morgan fingerprint density at radius 2 is 1.52 bits per heavy atom. The number of carbonyl (C=O) groups excluding carboxylic acids is 4. The third kappa shape index (κ3) is 8.56. The summed E-state index contributed by atoms with van der Waals surface area (Å²) >= 11 is 3.29. The highest BCUT2D eigenvalue weighted by molar-refractivity contribution is 9.10. The van der Waals surface area contributed by atoms with E-state index in [1.807, 2.05) is 0 Å². The molecule has 0 saturated heterocycles. The van der Waals surface area contributed by atoms with Gasteiger partial charge in [-0.2, -0.15) is 0 Å². The van der Waals surface area contributed by atoms with Crippen LogP contribution in [0, 0.1) is 0 Å². The number of amides is 3. The maximum absolute atomic E-state index is 11.8. The van der Waals surface area contributed by atoms with E-state index in [9.17, 15) is 19.2 Å². The monoisotopic (exact) mass is 461 g/mol. The van der Waals surface area contributed by atoms with Crippen molar-refractivity contribution < 1.29 is 23.9 Å². The summed E-state index contributed by atoms with van der Waals surface area (Å²) in [5.41, 5.74) is 5.57. The van der Waals surface area contributed by atoms with Gasteiger partial charge < -0.3 is 10.1 Å². The Bertz CT molecular complexity index is 856. The second-order valence-corrected chi connectivity index (χ2v) is 6.85. The van der Waals surface area contributed by atoms with Crippen molar-refractivity contribution in [3.8, 4) is 0 Å². The molecule has 0 aromatic heterocycles. The third-order valence-electron chi connectivity index (χ3n) is 3.63. The molecule has 0 unspecified atom stereocenters. The second kappa shape index (κ2) is 11.6. The molecule has 3 N–H and O–H groups in total. The first-order valence-corrected chi connectivity index (χ1v) is 9.58. The van der Waals surface area contributed by atoms with Gasteiger partial charge in [0, 0.05) is 28.6 Å². The van der Waals surface area contributed by atoms with Crippen LogP contribution in [0.5, 0.6) is 0 Å². The minimum Gasteiger partial charge on any atom is -0.456 e. The Morgan fingerprint density at radius 3 is 2.21 bits per heavy atom. The van der Waals surface area contributed by atoms with Crippen molar-refractivity contribution in [2.24, 2.45) is 0 Å². The van der Waals surface area contributed by atoms with Crippen molar-refractivity contribution in [2.75, 3.05) is 11.9 Å². The van der Waals surface area contributed by atoms with Gasteiger partial charge in [-0.15, -0.1) is 0 Å². The normalized spacial score (nSPS) is 9.97. The number of hydrogen-bond acceptors (Lipinski definition) is 5. The van der Waals surface area contributed by atoms with Gasteiger partial charge in [-0.05, 0) is 42.8 Å². The molecule has 0 heterocycles. The van der Waals surface area contributed by atoms with Gasteiger partial charge >= 0.3 is 5.97 Å². The highest BCUT2D eigenvalue weighted by Crippen LogP contribution is 2.13. The minimum absolute atomic E-state index is 0.0222. The van der Waals surface area contributed by atoms with Gasteiger partial charge in [0.05, 0.1) is 0 Å². The second-order valence-electron chi connectivity index (χ2n) is 5.94. The lowest BCUT2D eigenvalue weighted by molar-refractivity contribution is -0.147. The van der Waals surface area contributed by atoms with Gasteiger partial charge in [-0.1, -0.05) is 34.1 Å². The first-order chi connectivity index (χ1) is 13.9. The Labute approximate surface area is 176 Å². The topological polar surface area (TPSA) is 114 Å². The number of nitrogens with one attached hydrogen (secondary N) is 3. The zero-order chi connectivity index (χ0) is 21.1. The van der Waals surface area contributed by atoms with Crippen LogP contribution >= 0.6 is 15.9 Å². The SMILES string of the molecule is O=C(CCCC(=O)OCC(=O)Nc1ccc(Br)cc1)NNC(=O)c1ccccc1. The summed E-state index contributed by atoms with van der Waals surface area (Å²) in [6, 6.07) is 15.4. The van der Waals surface area contributed by atoms with Crippen LogP contribution in [0.15, 0.2) is 59.1 Å². The van der Waals surface area contributed by atoms with Gasteiger partial charge in [-0.3, -0.25) is 30.0 Å². The Balaban J connectivity index is 1.57. The van der Waals surface area contributed by atoms with E-state index in [-0.39, 0.29) is 19.3 Å². The smallest absolute Gasteiger partial charge is 0.306 e. The van der Waals surface area contributed by atoms with Gasteiger partial charge in [0.25, 0.3) is 11.8 Å². The van der Waals surface area contributed by atoms with E-state index in [0.717, 1.165) is 4.47 Å². The molecule has 0 aliphatic rings. The van der Waals surface area contributed by atoms with E-state index in [4.69, 9.17) is 4.74 Å². The summed E-state index contributed by atoms with van der Waals surface area (Å²) in [7, 11) is 0. The largest absolute Gasteiger partial charge is 0.456 e. The average molecular weight is 462 g/mol. The Kier molecular flexibility index (Phi) is 8.84. The molecule has 0 aliphatic heterocycles. The maximum atomic E-state index is 11.8. The number of hydrazine groups is 1. The number of ether oxygens (including phenoxy) is 1. The zero-order valence-electron chi connectivity index (χ0n) is 15.4. The molecule has 0 bridgehead atoms. The lowest BCUT2D eigenvalue weighted by Crippen LogP contribution is -2.41. The molecule has 152 valence electrons. The summed E-state index contributed by atoms with van der Waals surface area (Å²) in [6.07, 6.45) is 0.223. The van der Waals surface area contributed by atoms with Crippen molar-refractivity contribution in [3.05, 3.63) is 64.6 Å². The van der Waals surface area contributed by atoms with E-state index in [2.05, 4.69) is 32.1 Å². The van der Waals surface area contributed by atoms with Crippen LogP contribution in [0.3, 0.4) is 0 Å². The number of hydrogen-bond donors (Lipinski definition) is 3. The summed E-state index contributed by atoms with van der Waals surface area (Å²) in [4.78, 5) is 46.9. The van der Waals surface area contributed by atoms with Crippen LogP contribution in [0.2, 0.25) is 0 Å². The van der Waals surface area contributed by atoms with Gasteiger partial charge in [0.15, 0.2) is 6.61 Å². The summed E-state index contributed by atoms with van der Waals surface area (Å²) in [6.45, 7) is -0.409. The minimum atomic E-state index is -0.586. The highest BCUT2D eigenvalue weighted by atomic mass is 79.9. The van der Waals surface area contributed by atoms with Crippen LogP contribution in [-0.2, 0) is 19.1 Å². The molecule has 0 aliphatic carbocycles.